The van der Waals surface area contributed by atoms with Crippen molar-refractivity contribution in [2.45, 2.75) is 52.6 Å². The van der Waals surface area contributed by atoms with Crippen LogP contribution in [0.25, 0.3) is 0 Å². The van der Waals surface area contributed by atoms with Crippen LogP contribution in [0.5, 0.6) is 0 Å². The zero-order chi connectivity index (χ0) is 13.7. The van der Waals surface area contributed by atoms with Crippen molar-refractivity contribution in [2.24, 2.45) is 12.8 Å². The van der Waals surface area contributed by atoms with Gasteiger partial charge in [-0.1, -0.05) is 19.8 Å². The minimum Gasteiger partial charge on any atom is -0.351 e. The lowest BCUT2D eigenvalue weighted by Gasteiger charge is -2.11. The SMILES string of the molecule is CCCC[C@H](N)C(=O)NCc1c(C)nn(C)c1C. The maximum atomic E-state index is 11.8. The Bertz CT molecular complexity index is 411. The average Bonchev–Trinajstić information content (AvgIpc) is 2.58. The fourth-order valence-electron chi connectivity index (χ4n) is 1.94. The molecule has 0 aromatic carbocycles. The van der Waals surface area contributed by atoms with Gasteiger partial charge >= 0.3 is 0 Å². The molecule has 0 spiro atoms. The van der Waals surface area contributed by atoms with Gasteiger partial charge in [-0.15, -0.1) is 0 Å². The minimum atomic E-state index is -0.401. The average molecular weight is 252 g/mol. The van der Waals surface area contributed by atoms with E-state index in [2.05, 4.69) is 17.3 Å². The zero-order valence-electron chi connectivity index (χ0n) is 11.8. The molecule has 1 amide bonds. The molecule has 3 N–H and O–H groups in total. The molecule has 5 nitrogen and oxygen atoms in total. The second kappa shape index (κ2) is 6.54. The van der Waals surface area contributed by atoms with Gasteiger partial charge in [0.05, 0.1) is 11.7 Å². The van der Waals surface area contributed by atoms with Crippen LogP contribution in [0.15, 0.2) is 0 Å². The Labute approximate surface area is 109 Å². The quantitative estimate of drug-likeness (QED) is 0.798. The Hall–Kier alpha value is -1.36. The summed E-state index contributed by atoms with van der Waals surface area (Å²) in [6.07, 6.45) is 2.79. The molecule has 0 bridgehead atoms. The third-order valence-corrected chi connectivity index (χ3v) is 3.30. The Morgan fingerprint density at radius 2 is 2.17 bits per heavy atom. The van der Waals surface area contributed by atoms with E-state index >= 15 is 0 Å². The van der Waals surface area contributed by atoms with Crippen LogP contribution in [0.2, 0.25) is 0 Å². The molecule has 1 aromatic rings. The summed E-state index contributed by atoms with van der Waals surface area (Å²) in [6, 6.07) is -0.401. The van der Waals surface area contributed by atoms with Crippen LogP contribution in [-0.2, 0) is 18.4 Å². The van der Waals surface area contributed by atoms with Crippen molar-refractivity contribution in [3.8, 4) is 0 Å². The number of nitrogens with one attached hydrogen (secondary N) is 1. The summed E-state index contributed by atoms with van der Waals surface area (Å²) in [6.45, 7) is 6.54. The third-order valence-electron chi connectivity index (χ3n) is 3.30. The number of aromatic nitrogens is 2. The number of unbranched alkanes of at least 4 members (excludes halogenated alkanes) is 1. The summed E-state index contributed by atoms with van der Waals surface area (Å²) in [5, 5.41) is 7.20. The normalized spacial score (nSPS) is 12.5. The predicted octanol–water partition coefficient (Wildman–Crippen LogP) is 1.17. The van der Waals surface area contributed by atoms with Crippen molar-refractivity contribution in [3.63, 3.8) is 0 Å². The molecule has 0 aliphatic carbocycles. The van der Waals surface area contributed by atoms with Gasteiger partial charge in [0.25, 0.3) is 0 Å². The Kier molecular flexibility index (Phi) is 5.34. The summed E-state index contributed by atoms with van der Waals surface area (Å²) in [5.74, 6) is -0.0777. The van der Waals surface area contributed by atoms with Gasteiger partial charge in [0.15, 0.2) is 0 Å². The van der Waals surface area contributed by atoms with Crippen molar-refractivity contribution in [3.05, 3.63) is 17.0 Å². The highest BCUT2D eigenvalue weighted by molar-refractivity contribution is 5.81. The molecular formula is C13H24N4O. The first-order valence-corrected chi connectivity index (χ1v) is 6.49. The molecular weight excluding hydrogens is 228 g/mol. The second-order valence-electron chi connectivity index (χ2n) is 4.74. The number of carbonyl (C=O) groups excluding carboxylic acids is 1. The molecule has 1 aromatic heterocycles. The fraction of sp³-hybridized carbons (Fsp3) is 0.692. The molecule has 0 aliphatic heterocycles. The van der Waals surface area contributed by atoms with Crippen LogP contribution >= 0.6 is 0 Å². The molecule has 5 heteroatoms. The minimum absolute atomic E-state index is 0.0777. The predicted molar refractivity (Wildman–Crippen MR) is 72.0 cm³/mol. The van der Waals surface area contributed by atoms with Crippen molar-refractivity contribution >= 4 is 5.91 Å². The molecule has 0 fully saturated rings. The molecule has 1 heterocycles. The van der Waals surface area contributed by atoms with Gasteiger partial charge in [-0.3, -0.25) is 9.48 Å². The van der Waals surface area contributed by atoms with Crippen LogP contribution < -0.4 is 11.1 Å². The highest BCUT2D eigenvalue weighted by Gasteiger charge is 2.14. The third kappa shape index (κ3) is 3.57. The van der Waals surface area contributed by atoms with Crippen LogP contribution in [-0.4, -0.2) is 21.7 Å². The number of hydrogen-bond donors (Lipinski definition) is 2. The number of hydrogen-bond acceptors (Lipinski definition) is 3. The van der Waals surface area contributed by atoms with Crippen molar-refractivity contribution in [1.29, 1.82) is 0 Å². The molecule has 0 unspecified atom stereocenters. The van der Waals surface area contributed by atoms with E-state index in [0.717, 1.165) is 36.2 Å². The molecule has 0 radical (unpaired) electrons. The summed E-state index contributed by atoms with van der Waals surface area (Å²) in [7, 11) is 1.90. The summed E-state index contributed by atoms with van der Waals surface area (Å²) in [5.41, 5.74) is 8.93. The largest absolute Gasteiger partial charge is 0.351 e. The van der Waals surface area contributed by atoms with Crippen molar-refractivity contribution < 1.29 is 4.79 Å². The van der Waals surface area contributed by atoms with Gasteiger partial charge in [0.2, 0.25) is 5.91 Å². The highest BCUT2D eigenvalue weighted by Crippen LogP contribution is 2.11. The lowest BCUT2D eigenvalue weighted by Crippen LogP contribution is -2.40. The Morgan fingerprint density at radius 3 is 2.67 bits per heavy atom. The number of rotatable bonds is 6. The number of carbonyl (C=O) groups is 1. The van der Waals surface area contributed by atoms with Gasteiger partial charge in [-0.05, 0) is 20.3 Å². The highest BCUT2D eigenvalue weighted by atomic mass is 16.2. The molecule has 102 valence electrons. The second-order valence-corrected chi connectivity index (χ2v) is 4.74. The van der Waals surface area contributed by atoms with E-state index in [0.29, 0.717) is 6.54 Å². The van der Waals surface area contributed by atoms with E-state index in [1.165, 1.54) is 0 Å². The smallest absolute Gasteiger partial charge is 0.237 e. The van der Waals surface area contributed by atoms with E-state index in [-0.39, 0.29) is 5.91 Å². The standard InChI is InChI=1S/C13H24N4O/c1-5-6-7-12(14)13(18)15-8-11-9(2)16-17(4)10(11)3/h12H,5-8,14H2,1-4H3,(H,15,18)/t12-/m0/s1. The van der Waals surface area contributed by atoms with Gasteiger partial charge in [-0.2, -0.15) is 5.10 Å². The first-order valence-electron chi connectivity index (χ1n) is 6.49. The molecule has 0 aliphatic rings. The maximum Gasteiger partial charge on any atom is 0.237 e. The topological polar surface area (TPSA) is 72.9 Å². The van der Waals surface area contributed by atoms with Crippen molar-refractivity contribution in [2.75, 3.05) is 0 Å². The monoisotopic (exact) mass is 252 g/mol. The molecule has 1 rings (SSSR count). The van der Waals surface area contributed by atoms with Gasteiger partial charge in [-0.25, -0.2) is 0 Å². The van der Waals surface area contributed by atoms with E-state index in [1.54, 1.807) is 0 Å². The molecule has 18 heavy (non-hydrogen) atoms. The van der Waals surface area contributed by atoms with E-state index < -0.39 is 6.04 Å². The first-order chi connectivity index (χ1) is 8.47. The van der Waals surface area contributed by atoms with Crippen LogP contribution in [0.1, 0.15) is 43.1 Å². The number of amides is 1. The summed E-state index contributed by atoms with van der Waals surface area (Å²) < 4.78 is 1.83. The zero-order valence-corrected chi connectivity index (χ0v) is 11.8. The lowest BCUT2D eigenvalue weighted by molar-refractivity contribution is -0.122. The number of aryl methyl sites for hydroxylation is 2. The molecule has 0 saturated carbocycles. The maximum absolute atomic E-state index is 11.8. The summed E-state index contributed by atoms with van der Waals surface area (Å²) >= 11 is 0. The van der Waals surface area contributed by atoms with Crippen molar-refractivity contribution in [1.82, 2.24) is 15.1 Å². The van der Waals surface area contributed by atoms with Crippen LogP contribution in [0.4, 0.5) is 0 Å². The first kappa shape index (κ1) is 14.7. The van der Waals surface area contributed by atoms with E-state index in [4.69, 9.17) is 5.73 Å². The van der Waals surface area contributed by atoms with Gasteiger partial charge in [0.1, 0.15) is 0 Å². The molecule has 0 saturated heterocycles. The number of nitrogens with zero attached hydrogens (tertiary/aromatic N) is 2. The van der Waals surface area contributed by atoms with E-state index in [1.807, 2.05) is 25.6 Å². The van der Waals surface area contributed by atoms with Crippen LogP contribution in [0.3, 0.4) is 0 Å². The lowest BCUT2D eigenvalue weighted by atomic mass is 10.1. The number of nitrogens with two attached hydrogens (primary N) is 1. The van der Waals surface area contributed by atoms with Gasteiger partial charge < -0.3 is 11.1 Å². The molecule has 1 atom stereocenters. The van der Waals surface area contributed by atoms with Crippen LogP contribution in [0, 0.1) is 13.8 Å². The van der Waals surface area contributed by atoms with E-state index in [9.17, 15) is 4.79 Å². The Morgan fingerprint density at radius 1 is 1.50 bits per heavy atom. The summed E-state index contributed by atoms with van der Waals surface area (Å²) in [4.78, 5) is 11.8. The van der Waals surface area contributed by atoms with Gasteiger partial charge in [0, 0.05) is 24.8 Å². The Balaban J connectivity index is 2.52. The fourth-order valence-corrected chi connectivity index (χ4v) is 1.94.